The maximum Gasteiger partial charge on any atom is 0.255 e. The summed E-state index contributed by atoms with van der Waals surface area (Å²) in [5.74, 6) is 0.282. The van der Waals surface area contributed by atoms with E-state index in [9.17, 15) is 13.2 Å². The van der Waals surface area contributed by atoms with Gasteiger partial charge in [-0.3, -0.25) is 4.79 Å². The SMILES string of the molecule is COc1ccc(Cl)cc1C(=O)N[C@@H]1[C@@H](c2ccc(S(=O)(=O)N(C)C)cc2)C1(C)C. The summed E-state index contributed by atoms with van der Waals surface area (Å²) in [5, 5.41) is 3.53. The van der Waals surface area contributed by atoms with Gasteiger partial charge >= 0.3 is 0 Å². The Morgan fingerprint density at radius 3 is 2.31 bits per heavy atom. The Balaban J connectivity index is 1.80. The summed E-state index contributed by atoms with van der Waals surface area (Å²) in [5.41, 5.74) is 1.20. The second-order valence-corrected chi connectivity index (χ2v) is 10.5. The van der Waals surface area contributed by atoms with Gasteiger partial charge in [-0.25, -0.2) is 12.7 Å². The summed E-state index contributed by atoms with van der Waals surface area (Å²) >= 11 is 6.04. The number of carbonyl (C=O) groups excluding carboxylic acids is 1. The van der Waals surface area contributed by atoms with Crippen molar-refractivity contribution in [3.05, 3.63) is 58.6 Å². The molecule has 1 saturated carbocycles. The summed E-state index contributed by atoms with van der Waals surface area (Å²) in [7, 11) is 1.04. The molecule has 1 aliphatic carbocycles. The van der Waals surface area contributed by atoms with Gasteiger partial charge in [0.2, 0.25) is 10.0 Å². The van der Waals surface area contributed by atoms with Gasteiger partial charge in [-0.05, 0) is 41.3 Å². The lowest BCUT2D eigenvalue weighted by Gasteiger charge is -2.12. The lowest BCUT2D eigenvalue weighted by Crippen LogP contribution is -2.29. The summed E-state index contributed by atoms with van der Waals surface area (Å²) in [6.07, 6.45) is 0. The van der Waals surface area contributed by atoms with Gasteiger partial charge in [0, 0.05) is 31.1 Å². The highest BCUT2D eigenvalue weighted by molar-refractivity contribution is 7.89. The maximum atomic E-state index is 12.8. The molecule has 8 heteroatoms. The largest absolute Gasteiger partial charge is 0.496 e. The predicted octanol–water partition coefficient (Wildman–Crippen LogP) is 3.52. The number of amides is 1. The predicted molar refractivity (Wildman–Crippen MR) is 113 cm³/mol. The van der Waals surface area contributed by atoms with Crippen LogP contribution in [-0.2, 0) is 10.0 Å². The normalized spacial score (nSPS) is 20.4. The Labute approximate surface area is 176 Å². The molecular formula is C21H25ClN2O4S. The van der Waals surface area contributed by atoms with Crippen molar-refractivity contribution in [2.24, 2.45) is 5.41 Å². The first-order valence-electron chi connectivity index (χ1n) is 9.17. The van der Waals surface area contributed by atoms with E-state index >= 15 is 0 Å². The van der Waals surface area contributed by atoms with E-state index < -0.39 is 10.0 Å². The fourth-order valence-electron chi connectivity index (χ4n) is 3.66. The highest BCUT2D eigenvalue weighted by atomic mass is 35.5. The second kappa shape index (κ2) is 7.63. The number of sulfonamides is 1. The van der Waals surface area contributed by atoms with Crippen LogP contribution >= 0.6 is 11.6 Å². The molecule has 1 amide bonds. The molecule has 0 unspecified atom stereocenters. The smallest absolute Gasteiger partial charge is 0.255 e. The van der Waals surface area contributed by atoms with Crippen molar-refractivity contribution < 1.29 is 17.9 Å². The Morgan fingerprint density at radius 2 is 1.76 bits per heavy atom. The molecule has 0 aromatic heterocycles. The maximum absolute atomic E-state index is 12.8. The summed E-state index contributed by atoms with van der Waals surface area (Å²) < 4.78 is 31.0. The number of halogens is 1. The molecule has 6 nitrogen and oxygen atoms in total. The second-order valence-electron chi connectivity index (χ2n) is 7.95. The zero-order chi connectivity index (χ0) is 21.6. The van der Waals surface area contributed by atoms with Gasteiger partial charge in [-0.15, -0.1) is 0 Å². The van der Waals surface area contributed by atoms with Crippen molar-refractivity contribution in [2.75, 3.05) is 21.2 Å². The van der Waals surface area contributed by atoms with Gasteiger partial charge in [-0.2, -0.15) is 0 Å². The lowest BCUT2D eigenvalue weighted by molar-refractivity contribution is 0.0943. The molecule has 29 heavy (non-hydrogen) atoms. The zero-order valence-electron chi connectivity index (χ0n) is 17.1. The standard InChI is InChI=1S/C21H25ClN2O4S/c1-21(2)18(13-6-9-15(10-7-13)29(26,27)24(3)4)19(21)23-20(25)16-12-14(22)8-11-17(16)28-5/h6-12,18-19H,1-5H3,(H,23,25)/t18-,19-/m1/s1. The van der Waals surface area contributed by atoms with Crippen LogP contribution in [0.5, 0.6) is 5.75 Å². The Hall–Kier alpha value is -2.09. The van der Waals surface area contributed by atoms with Crippen molar-refractivity contribution in [3.63, 3.8) is 0 Å². The van der Waals surface area contributed by atoms with Gasteiger partial charge in [0.05, 0.1) is 17.6 Å². The Kier molecular flexibility index (Phi) is 5.69. The number of hydrogen-bond donors (Lipinski definition) is 1. The van der Waals surface area contributed by atoms with E-state index in [1.165, 1.54) is 25.5 Å². The third kappa shape index (κ3) is 3.99. The third-order valence-corrected chi connectivity index (χ3v) is 7.60. The molecular weight excluding hydrogens is 412 g/mol. The van der Waals surface area contributed by atoms with Crippen LogP contribution in [0.15, 0.2) is 47.4 Å². The van der Waals surface area contributed by atoms with Crippen LogP contribution in [0.25, 0.3) is 0 Å². The van der Waals surface area contributed by atoms with E-state index in [0.29, 0.717) is 16.3 Å². The molecule has 1 aliphatic rings. The topological polar surface area (TPSA) is 75.7 Å². The van der Waals surface area contributed by atoms with E-state index in [-0.39, 0.29) is 28.2 Å². The summed E-state index contributed by atoms with van der Waals surface area (Å²) in [6, 6.07) is 11.7. The Morgan fingerprint density at radius 1 is 1.14 bits per heavy atom. The van der Waals surface area contributed by atoms with E-state index in [0.717, 1.165) is 5.56 Å². The first-order valence-corrected chi connectivity index (χ1v) is 11.0. The number of nitrogens with one attached hydrogen (secondary N) is 1. The van der Waals surface area contributed by atoms with Gasteiger partial charge in [-0.1, -0.05) is 37.6 Å². The first-order chi connectivity index (χ1) is 13.5. The minimum atomic E-state index is -3.47. The number of ether oxygens (including phenoxy) is 1. The molecule has 0 aliphatic heterocycles. The van der Waals surface area contributed by atoms with Crippen LogP contribution in [0, 0.1) is 5.41 Å². The molecule has 3 rings (SSSR count). The fourth-order valence-corrected chi connectivity index (χ4v) is 4.74. The monoisotopic (exact) mass is 436 g/mol. The van der Waals surface area contributed by atoms with Gasteiger partial charge < -0.3 is 10.1 Å². The highest BCUT2D eigenvalue weighted by Gasteiger charge is 2.59. The van der Waals surface area contributed by atoms with Crippen molar-refractivity contribution >= 4 is 27.5 Å². The molecule has 1 fully saturated rings. The minimum Gasteiger partial charge on any atom is -0.496 e. The van der Waals surface area contributed by atoms with E-state index in [1.807, 2.05) is 12.1 Å². The van der Waals surface area contributed by atoms with Crippen LogP contribution in [0.2, 0.25) is 5.02 Å². The van der Waals surface area contributed by atoms with Crippen LogP contribution < -0.4 is 10.1 Å². The van der Waals surface area contributed by atoms with Crippen LogP contribution in [-0.4, -0.2) is 45.9 Å². The van der Waals surface area contributed by atoms with E-state index in [2.05, 4.69) is 19.2 Å². The average Bonchev–Trinajstić information content (AvgIpc) is 3.21. The molecule has 0 radical (unpaired) electrons. The van der Waals surface area contributed by atoms with E-state index in [1.54, 1.807) is 30.3 Å². The number of rotatable bonds is 6. The van der Waals surface area contributed by atoms with Crippen molar-refractivity contribution in [1.82, 2.24) is 9.62 Å². The number of methoxy groups -OCH3 is 1. The zero-order valence-corrected chi connectivity index (χ0v) is 18.6. The first kappa shape index (κ1) is 21.6. The number of hydrogen-bond acceptors (Lipinski definition) is 4. The minimum absolute atomic E-state index is 0.0766. The van der Waals surface area contributed by atoms with Crippen molar-refractivity contribution in [3.8, 4) is 5.75 Å². The van der Waals surface area contributed by atoms with Crippen molar-refractivity contribution in [2.45, 2.75) is 30.7 Å². The lowest BCUT2D eigenvalue weighted by atomic mass is 10.0. The number of nitrogens with zero attached hydrogens (tertiary/aromatic N) is 1. The molecule has 0 heterocycles. The molecule has 1 N–H and O–H groups in total. The number of carbonyl (C=O) groups is 1. The summed E-state index contributed by atoms with van der Waals surface area (Å²) in [4.78, 5) is 13.1. The molecule has 2 aromatic carbocycles. The molecule has 0 saturated heterocycles. The quantitative estimate of drug-likeness (QED) is 0.751. The fraction of sp³-hybridized carbons (Fsp3) is 0.381. The highest BCUT2D eigenvalue weighted by Crippen LogP contribution is 2.58. The van der Waals surface area contributed by atoms with Crippen LogP contribution in [0.3, 0.4) is 0 Å². The molecule has 2 aromatic rings. The summed E-state index contributed by atoms with van der Waals surface area (Å²) in [6.45, 7) is 4.14. The van der Waals surface area contributed by atoms with Crippen LogP contribution in [0.4, 0.5) is 0 Å². The van der Waals surface area contributed by atoms with Gasteiger partial charge in [0.25, 0.3) is 5.91 Å². The van der Waals surface area contributed by atoms with Crippen molar-refractivity contribution in [1.29, 1.82) is 0 Å². The molecule has 0 spiro atoms. The number of benzene rings is 2. The Bertz CT molecular complexity index is 1030. The van der Waals surface area contributed by atoms with Crippen LogP contribution in [0.1, 0.15) is 35.7 Å². The molecule has 156 valence electrons. The van der Waals surface area contributed by atoms with Gasteiger partial charge in [0.1, 0.15) is 5.75 Å². The average molecular weight is 437 g/mol. The van der Waals surface area contributed by atoms with Gasteiger partial charge in [0.15, 0.2) is 0 Å². The molecule has 2 atom stereocenters. The van der Waals surface area contributed by atoms with E-state index in [4.69, 9.17) is 16.3 Å². The molecule has 0 bridgehead atoms. The third-order valence-electron chi connectivity index (χ3n) is 5.54.